The lowest BCUT2D eigenvalue weighted by Gasteiger charge is -2.02. The first-order chi connectivity index (χ1) is 9.08. The summed E-state index contributed by atoms with van der Waals surface area (Å²) in [6.45, 7) is 0.106. The number of hydrogen-bond donors (Lipinski definition) is 2. The highest BCUT2D eigenvalue weighted by Crippen LogP contribution is 2.17. The molecule has 98 valence electrons. The van der Waals surface area contributed by atoms with Gasteiger partial charge in [0.05, 0.1) is 0 Å². The van der Waals surface area contributed by atoms with Crippen LogP contribution in [0.4, 0.5) is 11.6 Å². The molecule has 0 spiro atoms. The maximum Gasteiger partial charge on any atom is 0.317 e. The van der Waals surface area contributed by atoms with Crippen molar-refractivity contribution in [1.29, 1.82) is 0 Å². The second kappa shape index (κ2) is 5.40. The standard InChI is InChI=1S/C9H9ClN8O/c10-6-8(12)16-7(11)5(15-6)9(19)17-13-4-18-3-1-2-14-18/h1-3H,4H2,(H4,11,12,16). The molecule has 2 heterocycles. The molecule has 0 unspecified atom stereocenters. The van der Waals surface area contributed by atoms with Crippen LogP contribution >= 0.6 is 11.6 Å². The molecule has 0 aromatic carbocycles. The molecule has 0 atom stereocenters. The number of nitrogens with zero attached hydrogens (tertiary/aromatic N) is 6. The molecule has 0 saturated carbocycles. The largest absolute Gasteiger partial charge is 0.382 e. The monoisotopic (exact) mass is 280 g/mol. The highest BCUT2D eigenvalue weighted by atomic mass is 35.5. The number of nitrogens with two attached hydrogens (primary N) is 2. The SMILES string of the molecule is Nc1nc(N)c(C(=O)N=NCn2cccn2)nc1Cl. The summed E-state index contributed by atoms with van der Waals surface area (Å²) < 4.78 is 1.49. The fraction of sp³-hybridized carbons (Fsp3) is 0.111. The van der Waals surface area contributed by atoms with E-state index in [1.807, 2.05) is 0 Å². The topological polar surface area (TPSA) is 137 Å². The van der Waals surface area contributed by atoms with Crippen LogP contribution in [0.3, 0.4) is 0 Å². The average Bonchev–Trinajstić information content (AvgIpc) is 2.86. The fourth-order valence-electron chi connectivity index (χ4n) is 1.19. The van der Waals surface area contributed by atoms with Gasteiger partial charge in [0.25, 0.3) is 0 Å². The van der Waals surface area contributed by atoms with Crippen LogP contribution < -0.4 is 11.5 Å². The Balaban J connectivity index is 2.12. The summed E-state index contributed by atoms with van der Waals surface area (Å²) in [6.07, 6.45) is 3.26. The van der Waals surface area contributed by atoms with E-state index in [9.17, 15) is 4.79 Å². The molecular weight excluding hydrogens is 272 g/mol. The van der Waals surface area contributed by atoms with Gasteiger partial charge in [0.1, 0.15) is 0 Å². The molecule has 0 aliphatic carbocycles. The summed E-state index contributed by atoms with van der Waals surface area (Å²) in [6, 6.07) is 1.72. The molecule has 0 aliphatic heterocycles. The molecule has 2 rings (SSSR count). The summed E-state index contributed by atoms with van der Waals surface area (Å²) in [4.78, 5) is 19.1. The van der Waals surface area contributed by atoms with E-state index in [-0.39, 0.29) is 29.2 Å². The maximum absolute atomic E-state index is 11.7. The van der Waals surface area contributed by atoms with Gasteiger partial charge in [-0.3, -0.25) is 4.79 Å². The van der Waals surface area contributed by atoms with Gasteiger partial charge in [0.2, 0.25) is 0 Å². The van der Waals surface area contributed by atoms with Gasteiger partial charge in [-0.25, -0.2) is 14.6 Å². The van der Waals surface area contributed by atoms with E-state index in [4.69, 9.17) is 23.1 Å². The number of rotatable bonds is 3. The lowest BCUT2D eigenvalue weighted by atomic mass is 10.4. The van der Waals surface area contributed by atoms with E-state index < -0.39 is 5.91 Å². The van der Waals surface area contributed by atoms with Crippen molar-refractivity contribution in [2.45, 2.75) is 6.67 Å². The van der Waals surface area contributed by atoms with Gasteiger partial charge in [0, 0.05) is 12.4 Å². The number of halogens is 1. The molecule has 0 saturated heterocycles. The van der Waals surface area contributed by atoms with Crippen LogP contribution in [0.2, 0.25) is 5.15 Å². The Morgan fingerprint density at radius 1 is 1.37 bits per heavy atom. The number of hydrogen-bond acceptors (Lipinski definition) is 7. The van der Waals surface area contributed by atoms with Crippen molar-refractivity contribution in [3.05, 3.63) is 29.3 Å². The van der Waals surface area contributed by atoms with Crippen LogP contribution in [0.5, 0.6) is 0 Å². The first kappa shape index (κ1) is 12.9. The lowest BCUT2D eigenvalue weighted by Crippen LogP contribution is -2.09. The Bertz CT molecular complexity index is 623. The molecule has 10 heteroatoms. The van der Waals surface area contributed by atoms with Crippen molar-refractivity contribution < 1.29 is 4.79 Å². The van der Waals surface area contributed by atoms with Gasteiger partial charge in [-0.2, -0.15) is 10.2 Å². The van der Waals surface area contributed by atoms with Gasteiger partial charge in [-0.05, 0) is 6.07 Å². The Kier molecular flexibility index (Phi) is 3.66. The second-order valence-corrected chi connectivity index (χ2v) is 3.73. The van der Waals surface area contributed by atoms with Gasteiger partial charge < -0.3 is 11.5 Å². The second-order valence-electron chi connectivity index (χ2n) is 3.37. The van der Waals surface area contributed by atoms with E-state index in [0.29, 0.717) is 0 Å². The van der Waals surface area contributed by atoms with Crippen LogP contribution in [0.1, 0.15) is 10.5 Å². The molecule has 4 N–H and O–H groups in total. The minimum absolute atomic E-state index is 0.0517. The van der Waals surface area contributed by atoms with Crippen LogP contribution in [0.15, 0.2) is 28.7 Å². The van der Waals surface area contributed by atoms with Crippen LogP contribution in [0.25, 0.3) is 0 Å². The molecule has 0 bridgehead atoms. The Hall–Kier alpha value is -2.55. The first-order valence-corrected chi connectivity index (χ1v) is 5.43. The molecule has 2 aromatic rings. The van der Waals surface area contributed by atoms with E-state index in [0.717, 1.165) is 0 Å². The van der Waals surface area contributed by atoms with Crippen LogP contribution in [-0.4, -0.2) is 25.7 Å². The van der Waals surface area contributed by atoms with Crippen molar-refractivity contribution in [2.75, 3.05) is 11.5 Å². The molecule has 0 radical (unpaired) electrons. The zero-order valence-electron chi connectivity index (χ0n) is 9.56. The minimum Gasteiger partial charge on any atom is -0.382 e. The van der Waals surface area contributed by atoms with Crippen molar-refractivity contribution in [3.8, 4) is 0 Å². The summed E-state index contributed by atoms with van der Waals surface area (Å²) in [7, 11) is 0. The predicted molar refractivity (Wildman–Crippen MR) is 67.3 cm³/mol. The highest BCUT2D eigenvalue weighted by Gasteiger charge is 2.15. The highest BCUT2D eigenvalue weighted by molar-refractivity contribution is 6.31. The zero-order valence-corrected chi connectivity index (χ0v) is 10.3. The minimum atomic E-state index is -0.751. The molecule has 2 aromatic heterocycles. The summed E-state index contributed by atoms with van der Waals surface area (Å²) >= 11 is 5.65. The van der Waals surface area contributed by atoms with E-state index in [1.165, 1.54) is 4.68 Å². The van der Waals surface area contributed by atoms with E-state index in [2.05, 4.69) is 25.3 Å². The quantitative estimate of drug-likeness (QED) is 0.795. The number of anilines is 2. The molecule has 9 nitrogen and oxygen atoms in total. The van der Waals surface area contributed by atoms with Crippen molar-refractivity contribution >= 4 is 29.1 Å². The number of carbonyl (C=O) groups excluding carboxylic acids is 1. The third-order valence-corrected chi connectivity index (χ3v) is 2.31. The Morgan fingerprint density at radius 3 is 2.84 bits per heavy atom. The molecule has 19 heavy (non-hydrogen) atoms. The molecule has 0 aliphatic rings. The third kappa shape index (κ3) is 3.01. The van der Waals surface area contributed by atoms with Crippen molar-refractivity contribution in [2.24, 2.45) is 10.2 Å². The Morgan fingerprint density at radius 2 is 2.16 bits per heavy atom. The predicted octanol–water partition coefficient (Wildman–Crippen LogP) is 0.741. The van der Waals surface area contributed by atoms with Gasteiger partial charge in [-0.15, -0.1) is 5.11 Å². The zero-order chi connectivity index (χ0) is 13.8. The maximum atomic E-state index is 11.7. The molecular formula is C9H9ClN8O. The number of amides is 1. The number of azo groups is 1. The van der Waals surface area contributed by atoms with E-state index in [1.54, 1.807) is 18.5 Å². The summed E-state index contributed by atoms with van der Waals surface area (Å²) in [5.41, 5.74) is 10.7. The number of nitrogen functional groups attached to an aromatic ring is 2. The number of carbonyl (C=O) groups is 1. The average molecular weight is 281 g/mol. The summed E-state index contributed by atoms with van der Waals surface area (Å²) in [5.74, 6) is -0.951. The van der Waals surface area contributed by atoms with Crippen molar-refractivity contribution in [3.63, 3.8) is 0 Å². The van der Waals surface area contributed by atoms with Crippen LogP contribution in [-0.2, 0) is 6.67 Å². The van der Waals surface area contributed by atoms with Gasteiger partial charge >= 0.3 is 5.91 Å². The molecule has 1 amide bonds. The van der Waals surface area contributed by atoms with E-state index >= 15 is 0 Å². The molecule has 0 fully saturated rings. The summed E-state index contributed by atoms with van der Waals surface area (Å²) in [5, 5.41) is 10.9. The normalized spacial score (nSPS) is 11.0. The third-order valence-electron chi connectivity index (χ3n) is 2.04. The first-order valence-electron chi connectivity index (χ1n) is 5.05. The van der Waals surface area contributed by atoms with Crippen molar-refractivity contribution in [1.82, 2.24) is 19.7 Å². The van der Waals surface area contributed by atoms with Gasteiger partial charge in [-0.1, -0.05) is 11.6 Å². The smallest absolute Gasteiger partial charge is 0.317 e. The van der Waals surface area contributed by atoms with Crippen LogP contribution in [0, 0.1) is 0 Å². The lowest BCUT2D eigenvalue weighted by molar-refractivity contribution is 0.0988. The number of aromatic nitrogens is 4. The Labute approximate surface area is 112 Å². The fourth-order valence-corrected chi connectivity index (χ4v) is 1.32. The van der Waals surface area contributed by atoms with Gasteiger partial charge in [0.15, 0.2) is 29.2 Å².